The summed E-state index contributed by atoms with van der Waals surface area (Å²) < 4.78 is 12.8. The Hall–Kier alpha value is -4.48. The fourth-order valence-electron chi connectivity index (χ4n) is 8.15. The van der Waals surface area contributed by atoms with Crippen molar-refractivity contribution in [1.29, 1.82) is 0 Å². The van der Waals surface area contributed by atoms with Crippen LogP contribution in [0.5, 0.6) is 0 Å². The van der Waals surface area contributed by atoms with Crippen molar-refractivity contribution in [1.82, 2.24) is 10.2 Å². The number of likely N-dealkylation sites (tertiary alicyclic amines) is 1. The fraction of sp³-hybridized carbons (Fsp3) is 0.500. The summed E-state index contributed by atoms with van der Waals surface area (Å²) in [7, 11) is 0. The molecule has 3 amide bonds. The molecule has 11 heteroatoms. The SMILES string of the molecule is CC[C@H](C)[C@H](CO)N1C(=O)[C@@H]2[C@H]3C(=O)O[C@@H](c4ccccc4)CNC(=O)CC/C=C\CN(c4ccc(N(CC)CC)cc4)C(=O)[C@@H]1[C@]21C=C[C@H]3O1. The van der Waals surface area contributed by atoms with Crippen molar-refractivity contribution in [3.05, 3.63) is 84.5 Å². The van der Waals surface area contributed by atoms with Crippen molar-refractivity contribution in [2.24, 2.45) is 17.8 Å². The van der Waals surface area contributed by atoms with Crippen LogP contribution in [0.4, 0.5) is 11.4 Å². The largest absolute Gasteiger partial charge is 0.455 e. The number of esters is 1. The highest BCUT2D eigenvalue weighted by Crippen LogP contribution is 2.56. The van der Waals surface area contributed by atoms with Crippen molar-refractivity contribution in [3.63, 3.8) is 0 Å². The Bertz CT molecular complexity index is 1640. The molecular weight excluding hydrogens is 648 g/mol. The third-order valence-electron chi connectivity index (χ3n) is 11.1. The number of aliphatic hydroxyl groups excluding tert-OH is 1. The predicted molar refractivity (Wildman–Crippen MR) is 194 cm³/mol. The van der Waals surface area contributed by atoms with E-state index in [1.807, 2.05) is 80.6 Å². The maximum atomic E-state index is 15.2. The number of hydrogen-bond donors (Lipinski definition) is 2. The molecule has 0 radical (unpaired) electrons. The fourth-order valence-corrected chi connectivity index (χ4v) is 8.15. The highest BCUT2D eigenvalue weighted by molar-refractivity contribution is 6.05. The van der Waals surface area contributed by atoms with Crippen LogP contribution in [0.15, 0.2) is 78.9 Å². The van der Waals surface area contributed by atoms with Crippen molar-refractivity contribution in [2.75, 3.05) is 42.6 Å². The number of carbonyl (C=O) groups is 4. The normalized spacial score (nSPS) is 29.8. The van der Waals surface area contributed by atoms with Gasteiger partial charge in [0.25, 0.3) is 5.91 Å². The zero-order valence-electron chi connectivity index (χ0n) is 29.9. The molecule has 0 aromatic heterocycles. The molecule has 51 heavy (non-hydrogen) atoms. The zero-order chi connectivity index (χ0) is 36.3. The topological polar surface area (TPSA) is 129 Å². The van der Waals surface area contributed by atoms with Gasteiger partial charge in [0.05, 0.1) is 31.2 Å². The van der Waals surface area contributed by atoms with Crippen LogP contribution in [0.3, 0.4) is 0 Å². The van der Waals surface area contributed by atoms with Gasteiger partial charge in [-0.1, -0.05) is 74.9 Å². The summed E-state index contributed by atoms with van der Waals surface area (Å²) >= 11 is 0. The average molecular weight is 699 g/mol. The lowest BCUT2D eigenvalue weighted by Gasteiger charge is -2.40. The lowest BCUT2D eigenvalue weighted by Crippen LogP contribution is -2.59. The third-order valence-corrected chi connectivity index (χ3v) is 11.1. The van der Waals surface area contributed by atoms with Crippen LogP contribution in [0, 0.1) is 17.8 Å². The van der Waals surface area contributed by atoms with Gasteiger partial charge in [0.15, 0.2) is 0 Å². The molecule has 2 saturated heterocycles. The first-order valence-corrected chi connectivity index (χ1v) is 18.3. The minimum atomic E-state index is -1.45. The van der Waals surface area contributed by atoms with Crippen molar-refractivity contribution >= 4 is 35.1 Å². The Labute approximate surface area is 300 Å². The zero-order valence-corrected chi connectivity index (χ0v) is 29.9. The second-order valence-electron chi connectivity index (χ2n) is 13.9. The average Bonchev–Trinajstić information content (AvgIpc) is 3.80. The second kappa shape index (κ2) is 15.4. The van der Waals surface area contributed by atoms with Crippen LogP contribution in [0.2, 0.25) is 0 Å². The number of allylic oxidation sites excluding steroid dienone is 1. The van der Waals surface area contributed by atoms with E-state index in [0.29, 0.717) is 24.1 Å². The molecule has 8 atom stereocenters. The number of anilines is 2. The number of nitrogens with zero attached hydrogens (tertiary/aromatic N) is 3. The van der Waals surface area contributed by atoms with E-state index in [2.05, 4.69) is 24.1 Å². The molecule has 4 aliphatic heterocycles. The van der Waals surface area contributed by atoms with E-state index in [-0.39, 0.29) is 43.8 Å². The van der Waals surface area contributed by atoms with Crippen molar-refractivity contribution in [3.8, 4) is 0 Å². The minimum Gasteiger partial charge on any atom is -0.455 e. The van der Waals surface area contributed by atoms with E-state index < -0.39 is 53.6 Å². The van der Waals surface area contributed by atoms with E-state index in [4.69, 9.17) is 9.47 Å². The summed E-state index contributed by atoms with van der Waals surface area (Å²) in [6.07, 6.45) is 6.98. The quantitative estimate of drug-likeness (QED) is 0.295. The smallest absolute Gasteiger partial charge is 0.313 e. The number of ether oxygens (including phenoxy) is 2. The number of carbonyl (C=O) groups excluding carboxylic acids is 4. The molecule has 4 aliphatic rings. The van der Waals surface area contributed by atoms with Gasteiger partial charge in [0.2, 0.25) is 11.8 Å². The molecule has 0 aliphatic carbocycles. The molecule has 2 aromatic carbocycles. The first-order chi connectivity index (χ1) is 24.7. The number of rotatable bonds is 9. The van der Waals surface area contributed by atoms with Crippen molar-refractivity contribution in [2.45, 2.75) is 76.9 Å². The molecule has 5 bridgehead atoms. The van der Waals surface area contributed by atoms with Gasteiger partial charge in [-0.25, -0.2) is 0 Å². The molecule has 11 nitrogen and oxygen atoms in total. The molecule has 6 rings (SSSR count). The number of amides is 3. The van der Waals surface area contributed by atoms with E-state index in [1.165, 1.54) is 4.90 Å². The Kier molecular flexibility index (Phi) is 11.0. The van der Waals surface area contributed by atoms with Crippen molar-refractivity contribution < 1.29 is 33.8 Å². The van der Waals surface area contributed by atoms with E-state index in [1.54, 1.807) is 17.1 Å². The summed E-state index contributed by atoms with van der Waals surface area (Å²) in [6.45, 7) is 9.64. The standard InChI is InChI=1S/C40H50N4O7/c1-5-26(4)30(25-45)44-36-38(48)43(29-19-17-28(18-20-29)42(6-2)7-3)23-13-9-12-16-33(46)41-24-32(27-14-10-8-11-15-27)50-39(49)34-31-21-22-40(36,51-31)35(34)37(44)47/h8-11,13-15,17-22,26,30-32,34-36,45H,5-7,12,16,23-25H2,1-4H3,(H,41,46)/b13-9-/t26-,30-,31+,32+,34-,35-,36+,40-/m0/s1. The highest BCUT2D eigenvalue weighted by Gasteiger charge is 2.74. The second-order valence-corrected chi connectivity index (χ2v) is 13.9. The summed E-state index contributed by atoms with van der Waals surface area (Å²) in [4.78, 5) is 62.5. The Morgan fingerprint density at radius 1 is 0.980 bits per heavy atom. The van der Waals surface area contributed by atoms with Gasteiger partial charge in [0, 0.05) is 37.4 Å². The maximum Gasteiger partial charge on any atom is 0.313 e. The number of hydrogen-bond acceptors (Lipinski definition) is 8. The predicted octanol–water partition coefficient (Wildman–Crippen LogP) is 4.17. The Morgan fingerprint density at radius 3 is 2.37 bits per heavy atom. The third kappa shape index (κ3) is 6.69. The van der Waals surface area contributed by atoms with Crippen LogP contribution >= 0.6 is 0 Å². The van der Waals surface area contributed by atoms with Gasteiger partial charge in [0.1, 0.15) is 23.7 Å². The number of cyclic esters (lactones) is 1. The van der Waals surface area contributed by atoms with Crippen LogP contribution in [-0.4, -0.2) is 90.3 Å². The van der Waals surface area contributed by atoms with Gasteiger partial charge >= 0.3 is 5.97 Å². The van der Waals surface area contributed by atoms with E-state index in [0.717, 1.165) is 18.8 Å². The highest BCUT2D eigenvalue weighted by atomic mass is 16.6. The Morgan fingerprint density at radius 2 is 1.71 bits per heavy atom. The molecule has 2 fully saturated rings. The minimum absolute atomic E-state index is 0.0568. The van der Waals surface area contributed by atoms with Crippen LogP contribution in [0.25, 0.3) is 0 Å². The van der Waals surface area contributed by atoms with Crippen LogP contribution in [-0.2, 0) is 28.7 Å². The number of nitrogens with one attached hydrogen (secondary N) is 1. The molecule has 2 aromatic rings. The molecule has 1 spiro atoms. The molecule has 272 valence electrons. The van der Waals surface area contributed by atoms with Crippen LogP contribution < -0.4 is 15.1 Å². The van der Waals surface area contributed by atoms with Gasteiger partial charge in [-0.2, -0.15) is 0 Å². The summed E-state index contributed by atoms with van der Waals surface area (Å²) in [5.74, 6) is -3.86. The first-order valence-electron chi connectivity index (χ1n) is 18.3. The Balaban J connectivity index is 1.46. The van der Waals surface area contributed by atoms with Crippen LogP contribution in [0.1, 0.15) is 58.6 Å². The summed E-state index contributed by atoms with van der Waals surface area (Å²) in [5.41, 5.74) is 0.903. The molecular formula is C40H50N4O7. The number of aliphatic hydroxyl groups is 1. The van der Waals surface area contributed by atoms with Gasteiger partial charge < -0.3 is 34.6 Å². The lowest BCUT2D eigenvalue weighted by atomic mass is 9.74. The molecule has 0 unspecified atom stereocenters. The molecule has 0 saturated carbocycles. The van der Waals surface area contributed by atoms with E-state index in [9.17, 15) is 19.5 Å². The monoisotopic (exact) mass is 698 g/mol. The summed E-state index contributed by atoms with van der Waals surface area (Å²) in [6, 6.07) is 15.1. The van der Waals surface area contributed by atoms with E-state index >= 15 is 4.79 Å². The number of benzene rings is 2. The lowest BCUT2D eigenvalue weighted by molar-refractivity contribution is -0.160. The first kappa shape index (κ1) is 36.3. The summed E-state index contributed by atoms with van der Waals surface area (Å²) in [5, 5.41) is 13.7. The molecule has 2 N–H and O–H groups in total. The molecule has 4 heterocycles. The maximum absolute atomic E-state index is 15.2. The van der Waals surface area contributed by atoms with Gasteiger partial charge in [-0.15, -0.1) is 0 Å². The van der Waals surface area contributed by atoms with Gasteiger partial charge in [-0.05, 0) is 56.0 Å². The number of fused-ring (bicyclic) bond motifs is 2. The van der Waals surface area contributed by atoms with Gasteiger partial charge in [-0.3, -0.25) is 19.2 Å².